The predicted molar refractivity (Wildman–Crippen MR) is 89.6 cm³/mol. The van der Waals surface area contributed by atoms with Crippen molar-refractivity contribution >= 4 is 18.3 Å². The minimum absolute atomic E-state index is 0.228. The van der Waals surface area contributed by atoms with Gasteiger partial charge in [0.2, 0.25) is 0 Å². The summed E-state index contributed by atoms with van der Waals surface area (Å²) < 4.78 is 12.2. The second kappa shape index (κ2) is 5.55. The lowest BCUT2D eigenvalue weighted by atomic mass is 9.79. The number of benzene rings is 1. The molecule has 3 rings (SSSR count). The number of anilines is 1. The van der Waals surface area contributed by atoms with E-state index in [0.717, 1.165) is 30.5 Å². The van der Waals surface area contributed by atoms with Crippen LogP contribution in [-0.2, 0) is 9.31 Å². The maximum Gasteiger partial charge on any atom is 0.494 e. The van der Waals surface area contributed by atoms with Gasteiger partial charge in [-0.1, -0.05) is 12.1 Å². The molecule has 1 aromatic carbocycles. The third-order valence-corrected chi connectivity index (χ3v) is 5.16. The quantitative estimate of drug-likeness (QED) is 0.848. The van der Waals surface area contributed by atoms with Gasteiger partial charge in [0.15, 0.2) is 0 Å². The van der Waals surface area contributed by atoms with E-state index in [1.165, 1.54) is 0 Å². The minimum Gasteiger partial charge on any atom is -0.399 e. The molecule has 1 aromatic rings. The second-order valence-electron chi connectivity index (χ2n) is 7.43. The first-order chi connectivity index (χ1) is 10.3. The fourth-order valence-corrected chi connectivity index (χ4v) is 3.04. The molecule has 2 aliphatic heterocycles. The average Bonchev–Trinajstić information content (AvgIpc) is 2.68. The van der Waals surface area contributed by atoms with E-state index in [-0.39, 0.29) is 24.4 Å². The summed E-state index contributed by atoms with van der Waals surface area (Å²) in [6.07, 6.45) is 1.70. The van der Waals surface area contributed by atoms with Crippen molar-refractivity contribution in [2.75, 3.05) is 18.0 Å². The summed E-state index contributed by atoms with van der Waals surface area (Å²) in [5.41, 5.74) is 1.52. The molecule has 4 nitrogen and oxygen atoms in total. The smallest absolute Gasteiger partial charge is 0.399 e. The van der Waals surface area contributed by atoms with Crippen LogP contribution in [-0.4, -0.2) is 42.6 Å². The summed E-state index contributed by atoms with van der Waals surface area (Å²) in [7, 11) is -0.334. The number of aliphatic hydroxyl groups is 1. The molecule has 0 saturated carbocycles. The summed E-state index contributed by atoms with van der Waals surface area (Å²) in [4.78, 5) is 2.24. The van der Waals surface area contributed by atoms with Crippen molar-refractivity contribution in [2.24, 2.45) is 0 Å². The van der Waals surface area contributed by atoms with E-state index < -0.39 is 0 Å². The van der Waals surface area contributed by atoms with Crippen LogP contribution in [0.4, 0.5) is 5.69 Å². The van der Waals surface area contributed by atoms with Crippen LogP contribution >= 0.6 is 0 Å². The van der Waals surface area contributed by atoms with Crippen molar-refractivity contribution in [2.45, 2.75) is 57.8 Å². The normalized spacial score (nSPS) is 27.2. The lowest BCUT2D eigenvalue weighted by Crippen LogP contribution is -2.41. The fraction of sp³-hybridized carbons (Fsp3) is 0.647. The molecule has 2 saturated heterocycles. The first-order valence-electron chi connectivity index (χ1n) is 8.17. The molecule has 2 heterocycles. The third-order valence-electron chi connectivity index (χ3n) is 5.16. The molecule has 0 radical (unpaired) electrons. The van der Waals surface area contributed by atoms with Gasteiger partial charge in [-0.25, -0.2) is 0 Å². The Morgan fingerprint density at radius 1 is 1.18 bits per heavy atom. The molecule has 5 heteroatoms. The molecule has 2 fully saturated rings. The van der Waals surface area contributed by atoms with Crippen molar-refractivity contribution in [3.63, 3.8) is 0 Å². The first kappa shape index (κ1) is 15.8. The number of hydrogen-bond donors (Lipinski definition) is 1. The van der Waals surface area contributed by atoms with Crippen molar-refractivity contribution in [1.82, 2.24) is 0 Å². The van der Waals surface area contributed by atoms with Crippen LogP contribution in [0.2, 0.25) is 0 Å². The summed E-state index contributed by atoms with van der Waals surface area (Å²) in [5.74, 6) is 0. The Bertz CT molecular complexity index is 530. The Morgan fingerprint density at radius 2 is 1.86 bits per heavy atom. The fourth-order valence-electron chi connectivity index (χ4n) is 3.04. The number of rotatable bonds is 2. The Balaban J connectivity index is 1.80. The highest BCUT2D eigenvalue weighted by atomic mass is 16.7. The average molecular weight is 303 g/mol. The number of aliphatic hydroxyl groups excluding tert-OH is 1. The van der Waals surface area contributed by atoms with Gasteiger partial charge in [0.25, 0.3) is 0 Å². The van der Waals surface area contributed by atoms with Crippen LogP contribution < -0.4 is 10.4 Å². The SMILES string of the molecule is CC1(C)OB(c2cccc(N3CCCC(O)C3)c2)OC1(C)C. The summed E-state index contributed by atoms with van der Waals surface area (Å²) >= 11 is 0. The number of hydrogen-bond acceptors (Lipinski definition) is 4. The van der Waals surface area contributed by atoms with E-state index in [0.29, 0.717) is 6.54 Å². The Hall–Kier alpha value is -1.04. The topological polar surface area (TPSA) is 41.9 Å². The Kier molecular flexibility index (Phi) is 4.00. The van der Waals surface area contributed by atoms with Crippen LogP contribution in [0.5, 0.6) is 0 Å². The van der Waals surface area contributed by atoms with Gasteiger partial charge in [-0.2, -0.15) is 0 Å². The zero-order chi connectivity index (χ0) is 16.0. The van der Waals surface area contributed by atoms with Gasteiger partial charge in [-0.3, -0.25) is 0 Å². The molecule has 2 aliphatic rings. The van der Waals surface area contributed by atoms with Crippen molar-refractivity contribution in [3.05, 3.63) is 24.3 Å². The van der Waals surface area contributed by atoms with Gasteiger partial charge in [0.05, 0.1) is 17.3 Å². The van der Waals surface area contributed by atoms with E-state index in [4.69, 9.17) is 9.31 Å². The van der Waals surface area contributed by atoms with E-state index in [1.807, 2.05) is 12.1 Å². The van der Waals surface area contributed by atoms with Crippen molar-refractivity contribution in [1.29, 1.82) is 0 Å². The largest absolute Gasteiger partial charge is 0.494 e. The molecule has 22 heavy (non-hydrogen) atoms. The Labute approximate surface area is 133 Å². The lowest BCUT2D eigenvalue weighted by molar-refractivity contribution is 0.00578. The molecule has 0 aromatic heterocycles. The molecule has 1 unspecified atom stereocenters. The number of β-amino-alcohol motifs (C(OH)–C–C–N with tert-alkyl or cyclic N) is 1. The zero-order valence-corrected chi connectivity index (χ0v) is 14.0. The minimum atomic E-state index is -0.334. The molecule has 0 bridgehead atoms. The van der Waals surface area contributed by atoms with Crippen molar-refractivity contribution in [3.8, 4) is 0 Å². The highest BCUT2D eigenvalue weighted by molar-refractivity contribution is 6.62. The molecule has 1 N–H and O–H groups in total. The van der Waals surface area contributed by atoms with Crippen LogP contribution in [0.3, 0.4) is 0 Å². The summed E-state index contributed by atoms with van der Waals surface area (Å²) in [5, 5.41) is 9.87. The molecule has 120 valence electrons. The summed E-state index contributed by atoms with van der Waals surface area (Å²) in [6.45, 7) is 9.96. The highest BCUT2D eigenvalue weighted by Crippen LogP contribution is 2.36. The third kappa shape index (κ3) is 2.90. The predicted octanol–water partition coefficient (Wildman–Crippen LogP) is 1.95. The maximum atomic E-state index is 9.87. The van der Waals surface area contributed by atoms with Gasteiger partial charge < -0.3 is 19.3 Å². The molecule has 0 amide bonds. The molecular formula is C17H26BNO3. The van der Waals surface area contributed by atoms with E-state index in [1.54, 1.807) is 0 Å². The lowest BCUT2D eigenvalue weighted by Gasteiger charge is -2.32. The summed E-state index contributed by atoms with van der Waals surface area (Å²) in [6, 6.07) is 8.30. The van der Waals surface area contributed by atoms with Crippen LogP contribution in [0.25, 0.3) is 0 Å². The van der Waals surface area contributed by atoms with Crippen LogP contribution in [0, 0.1) is 0 Å². The van der Waals surface area contributed by atoms with Gasteiger partial charge in [0.1, 0.15) is 0 Å². The molecular weight excluding hydrogens is 277 g/mol. The standard InChI is InChI=1S/C17H26BNO3/c1-16(2)17(3,4)22-18(21-16)13-7-5-8-14(11-13)19-10-6-9-15(20)12-19/h5,7-8,11,15,20H,6,9-10,12H2,1-4H3. The first-order valence-corrected chi connectivity index (χ1v) is 8.17. The molecule has 0 aliphatic carbocycles. The van der Waals surface area contributed by atoms with E-state index >= 15 is 0 Å². The van der Waals surface area contributed by atoms with Crippen LogP contribution in [0.1, 0.15) is 40.5 Å². The van der Waals surface area contributed by atoms with Gasteiger partial charge in [-0.15, -0.1) is 0 Å². The number of nitrogens with zero attached hydrogens (tertiary/aromatic N) is 1. The van der Waals surface area contributed by atoms with Gasteiger partial charge >= 0.3 is 7.12 Å². The Morgan fingerprint density at radius 3 is 2.50 bits per heavy atom. The molecule has 1 atom stereocenters. The monoisotopic (exact) mass is 303 g/mol. The van der Waals surface area contributed by atoms with Crippen LogP contribution in [0.15, 0.2) is 24.3 Å². The van der Waals surface area contributed by atoms with Gasteiger partial charge in [-0.05, 0) is 58.1 Å². The zero-order valence-electron chi connectivity index (χ0n) is 14.0. The maximum absolute atomic E-state index is 9.87. The van der Waals surface area contributed by atoms with Gasteiger partial charge in [0, 0.05) is 18.8 Å². The second-order valence-corrected chi connectivity index (χ2v) is 7.43. The number of piperidine rings is 1. The van der Waals surface area contributed by atoms with E-state index in [2.05, 4.69) is 44.7 Å². The van der Waals surface area contributed by atoms with Crippen molar-refractivity contribution < 1.29 is 14.4 Å². The van der Waals surface area contributed by atoms with E-state index in [9.17, 15) is 5.11 Å². The highest BCUT2D eigenvalue weighted by Gasteiger charge is 2.51. The molecule has 0 spiro atoms.